The molecule has 0 bridgehead atoms. The molecule has 0 amide bonds. The van der Waals surface area contributed by atoms with Gasteiger partial charge in [-0.2, -0.15) is 0 Å². The van der Waals surface area contributed by atoms with Crippen LogP contribution in [0.3, 0.4) is 0 Å². The molecule has 0 aliphatic rings. The molecule has 2 N–H and O–H groups in total. The molecule has 0 spiro atoms. The van der Waals surface area contributed by atoms with Crippen LogP contribution < -0.4 is 10.6 Å². The van der Waals surface area contributed by atoms with Crippen molar-refractivity contribution in [2.24, 2.45) is 5.92 Å². The highest BCUT2D eigenvalue weighted by Gasteiger charge is 1.97. The number of rotatable bonds is 8. The van der Waals surface area contributed by atoms with Gasteiger partial charge in [0.25, 0.3) is 0 Å². The molecular weight excluding hydrogens is 244 g/mol. The van der Waals surface area contributed by atoms with Gasteiger partial charge in [-0.1, -0.05) is 37.6 Å². The van der Waals surface area contributed by atoms with Crippen LogP contribution in [-0.2, 0) is 6.54 Å². The quantitative estimate of drug-likeness (QED) is 0.707. The predicted molar refractivity (Wildman–Crippen MR) is 80.2 cm³/mol. The fraction of sp³-hybridized carbons (Fsp3) is 0.600. The Balaban J connectivity index is 2.09. The van der Waals surface area contributed by atoms with Gasteiger partial charge in [0.1, 0.15) is 0 Å². The van der Waals surface area contributed by atoms with Crippen LogP contribution >= 0.6 is 11.6 Å². The van der Waals surface area contributed by atoms with Crippen molar-refractivity contribution in [3.05, 3.63) is 34.3 Å². The van der Waals surface area contributed by atoms with Gasteiger partial charge < -0.3 is 10.6 Å². The Morgan fingerprint density at radius 1 is 1.17 bits per heavy atom. The summed E-state index contributed by atoms with van der Waals surface area (Å²) >= 11 is 6.00. The lowest BCUT2D eigenvalue weighted by Gasteiger charge is -2.08. The Labute approximate surface area is 116 Å². The first-order chi connectivity index (χ1) is 8.59. The summed E-state index contributed by atoms with van der Waals surface area (Å²) in [4.78, 5) is 0. The van der Waals surface area contributed by atoms with Crippen LogP contribution in [-0.4, -0.2) is 19.6 Å². The molecule has 0 heterocycles. The van der Waals surface area contributed by atoms with Crippen molar-refractivity contribution in [1.29, 1.82) is 0 Å². The van der Waals surface area contributed by atoms with Crippen LogP contribution in [0, 0.1) is 12.8 Å². The second-order valence-corrected chi connectivity index (χ2v) is 5.62. The summed E-state index contributed by atoms with van der Waals surface area (Å²) in [6.07, 6.45) is 1.17. The minimum atomic E-state index is 0.731. The summed E-state index contributed by atoms with van der Waals surface area (Å²) in [6, 6.07) is 6.20. The second kappa shape index (κ2) is 8.52. The van der Waals surface area contributed by atoms with E-state index in [1.165, 1.54) is 12.0 Å². The summed E-state index contributed by atoms with van der Waals surface area (Å²) < 4.78 is 0. The van der Waals surface area contributed by atoms with Crippen LogP contribution in [0.4, 0.5) is 0 Å². The first-order valence-electron chi connectivity index (χ1n) is 6.76. The lowest BCUT2D eigenvalue weighted by Crippen LogP contribution is -2.24. The number of nitrogens with one attached hydrogen (secondary N) is 2. The van der Waals surface area contributed by atoms with Gasteiger partial charge in [-0.25, -0.2) is 0 Å². The van der Waals surface area contributed by atoms with Crippen LogP contribution in [0.1, 0.15) is 31.4 Å². The number of halogens is 1. The average molecular weight is 269 g/mol. The molecule has 102 valence electrons. The van der Waals surface area contributed by atoms with E-state index in [1.54, 1.807) is 0 Å². The topological polar surface area (TPSA) is 24.1 Å². The molecule has 1 rings (SSSR count). The maximum Gasteiger partial charge on any atom is 0.0435 e. The van der Waals surface area contributed by atoms with Gasteiger partial charge in [0, 0.05) is 11.6 Å². The van der Waals surface area contributed by atoms with Crippen molar-refractivity contribution in [3.63, 3.8) is 0 Å². The molecule has 0 aliphatic carbocycles. The van der Waals surface area contributed by atoms with E-state index in [9.17, 15) is 0 Å². The normalized spacial score (nSPS) is 11.2. The van der Waals surface area contributed by atoms with E-state index in [2.05, 4.69) is 36.6 Å². The van der Waals surface area contributed by atoms with Crippen molar-refractivity contribution in [3.8, 4) is 0 Å². The summed E-state index contributed by atoms with van der Waals surface area (Å²) in [5.74, 6) is 0.731. The van der Waals surface area contributed by atoms with Gasteiger partial charge in [-0.05, 0) is 56.1 Å². The zero-order chi connectivity index (χ0) is 13.4. The first kappa shape index (κ1) is 15.5. The van der Waals surface area contributed by atoms with E-state index in [1.807, 2.05) is 13.0 Å². The summed E-state index contributed by atoms with van der Waals surface area (Å²) in [6.45, 7) is 10.7. The highest BCUT2D eigenvalue weighted by Crippen LogP contribution is 2.15. The third-order valence-electron chi connectivity index (χ3n) is 2.81. The molecule has 0 fully saturated rings. The van der Waals surface area contributed by atoms with Crippen molar-refractivity contribution in [2.75, 3.05) is 19.6 Å². The molecule has 0 atom stereocenters. The highest BCUT2D eigenvalue weighted by atomic mass is 35.5. The third-order valence-corrected chi connectivity index (χ3v) is 3.24. The summed E-state index contributed by atoms with van der Waals surface area (Å²) in [5.41, 5.74) is 2.45. The maximum atomic E-state index is 6.00. The highest BCUT2D eigenvalue weighted by molar-refractivity contribution is 6.31. The van der Waals surface area contributed by atoms with Gasteiger partial charge in [-0.3, -0.25) is 0 Å². The van der Waals surface area contributed by atoms with Gasteiger partial charge in [0.2, 0.25) is 0 Å². The molecule has 1 aromatic rings. The lowest BCUT2D eigenvalue weighted by atomic mass is 10.1. The van der Waals surface area contributed by atoms with Crippen molar-refractivity contribution in [1.82, 2.24) is 10.6 Å². The van der Waals surface area contributed by atoms with Crippen LogP contribution in [0.5, 0.6) is 0 Å². The second-order valence-electron chi connectivity index (χ2n) is 5.21. The summed E-state index contributed by atoms with van der Waals surface area (Å²) in [5, 5.41) is 7.74. The minimum Gasteiger partial charge on any atom is -0.316 e. The molecule has 2 nitrogen and oxygen atoms in total. The average Bonchev–Trinajstić information content (AvgIpc) is 2.32. The number of hydrogen-bond donors (Lipinski definition) is 2. The molecule has 18 heavy (non-hydrogen) atoms. The van der Waals surface area contributed by atoms with E-state index in [0.717, 1.165) is 42.7 Å². The minimum absolute atomic E-state index is 0.731. The summed E-state index contributed by atoms with van der Waals surface area (Å²) in [7, 11) is 0. The van der Waals surface area contributed by atoms with Crippen molar-refractivity contribution >= 4 is 11.6 Å². The molecule has 1 aromatic carbocycles. The van der Waals surface area contributed by atoms with Crippen molar-refractivity contribution < 1.29 is 0 Å². The Bertz CT molecular complexity index is 350. The largest absolute Gasteiger partial charge is 0.316 e. The Kier molecular flexibility index (Phi) is 7.33. The predicted octanol–water partition coefficient (Wildman–Crippen LogP) is 3.37. The molecule has 0 unspecified atom stereocenters. The molecule has 0 saturated carbocycles. The molecule has 0 saturated heterocycles. The third kappa shape index (κ3) is 6.39. The molecule has 0 radical (unpaired) electrons. The fourth-order valence-electron chi connectivity index (χ4n) is 1.78. The smallest absolute Gasteiger partial charge is 0.0435 e. The van der Waals surface area contributed by atoms with E-state index >= 15 is 0 Å². The Morgan fingerprint density at radius 3 is 2.56 bits per heavy atom. The van der Waals surface area contributed by atoms with Gasteiger partial charge in [-0.15, -0.1) is 0 Å². The first-order valence-corrected chi connectivity index (χ1v) is 7.14. The molecule has 0 aromatic heterocycles. The van der Waals surface area contributed by atoms with E-state index < -0.39 is 0 Å². The number of benzene rings is 1. The van der Waals surface area contributed by atoms with Crippen molar-refractivity contribution in [2.45, 2.75) is 33.7 Å². The number of hydrogen-bond acceptors (Lipinski definition) is 2. The monoisotopic (exact) mass is 268 g/mol. The Hall–Kier alpha value is -0.570. The zero-order valence-electron chi connectivity index (χ0n) is 11.7. The van der Waals surface area contributed by atoms with Gasteiger partial charge in [0.05, 0.1) is 0 Å². The maximum absolute atomic E-state index is 6.00. The van der Waals surface area contributed by atoms with E-state index in [4.69, 9.17) is 11.6 Å². The zero-order valence-corrected chi connectivity index (χ0v) is 12.5. The van der Waals surface area contributed by atoms with E-state index in [-0.39, 0.29) is 0 Å². The number of aryl methyl sites for hydroxylation is 1. The van der Waals surface area contributed by atoms with Crippen LogP contribution in [0.15, 0.2) is 18.2 Å². The van der Waals surface area contributed by atoms with Gasteiger partial charge in [0.15, 0.2) is 0 Å². The molecule has 3 heteroatoms. The fourth-order valence-corrected chi connectivity index (χ4v) is 1.90. The van der Waals surface area contributed by atoms with Crippen LogP contribution in [0.25, 0.3) is 0 Å². The molecular formula is C15H25ClN2. The van der Waals surface area contributed by atoms with E-state index in [0.29, 0.717) is 0 Å². The SMILES string of the molecule is Cc1cc(CNCCCNCC(C)C)ccc1Cl. The van der Waals surface area contributed by atoms with Gasteiger partial charge >= 0.3 is 0 Å². The Morgan fingerprint density at radius 2 is 1.89 bits per heavy atom. The molecule has 0 aliphatic heterocycles. The lowest BCUT2D eigenvalue weighted by molar-refractivity contribution is 0.530. The standard InChI is InChI=1S/C15H25ClN2/c1-12(2)10-17-7-4-8-18-11-14-5-6-15(16)13(3)9-14/h5-6,9,12,17-18H,4,7-8,10-11H2,1-3H3. The van der Waals surface area contributed by atoms with Crippen LogP contribution in [0.2, 0.25) is 5.02 Å².